The van der Waals surface area contributed by atoms with Gasteiger partial charge in [-0.3, -0.25) is 9.59 Å². The molecule has 0 saturated heterocycles. The maximum atomic E-state index is 12.0. The fraction of sp³-hybridized carbons (Fsp3) is 0.125. The predicted molar refractivity (Wildman–Crippen MR) is 92.6 cm³/mol. The third-order valence-corrected chi connectivity index (χ3v) is 4.02. The van der Waals surface area contributed by atoms with E-state index >= 15 is 0 Å². The van der Waals surface area contributed by atoms with Crippen LogP contribution in [0.2, 0.25) is 0 Å². The van der Waals surface area contributed by atoms with Crippen LogP contribution in [0.1, 0.15) is 5.69 Å². The van der Waals surface area contributed by atoms with E-state index in [0.29, 0.717) is 27.8 Å². The summed E-state index contributed by atoms with van der Waals surface area (Å²) in [6.07, 6.45) is 2.87. The number of nitrogens with zero attached hydrogens (tertiary/aromatic N) is 2. The molecule has 2 heterocycles. The van der Waals surface area contributed by atoms with Crippen molar-refractivity contribution in [2.24, 2.45) is 0 Å². The SMILES string of the molecule is COc1cc(NC(=O)C(=O)Nc2cc(C)ns2)ccc1-c1cnco1. The Morgan fingerprint density at radius 1 is 1.20 bits per heavy atom. The molecule has 1 aromatic carbocycles. The van der Waals surface area contributed by atoms with Crippen LogP contribution in [0, 0.1) is 6.92 Å². The number of carbonyl (C=O) groups is 2. The zero-order valence-electron chi connectivity index (χ0n) is 13.4. The zero-order valence-corrected chi connectivity index (χ0v) is 14.2. The number of aryl methyl sites for hydroxylation is 1. The maximum absolute atomic E-state index is 12.0. The third-order valence-electron chi connectivity index (χ3n) is 3.23. The van der Waals surface area contributed by atoms with Gasteiger partial charge in [0.05, 0.1) is 24.6 Å². The molecule has 2 aromatic heterocycles. The van der Waals surface area contributed by atoms with Gasteiger partial charge in [-0.2, -0.15) is 4.37 Å². The number of hydrogen-bond acceptors (Lipinski definition) is 7. The Balaban J connectivity index is 1.71. The number of methoxy groups -OCH3 is 1. The predicted octanol–water partition coefficient (Wildman–Crippen LogP) is 2.69. The summed E-state index contributed by atoms with van der Waals surface area (Å²) >= 11 is 1.11. The number of rotatable bonds is 4. The van der Waals surface area contributed by atoms with Gasteiger partial charge in [-0.1, -0.05) is 0 Å². The van der Waals surface area contributed by atoms with Gasteiger partial charge < -0.3 is 19.8 Å². The molecule has 0 unspecified atom stereocenters. The molecule has 3 rings (SSSR count). The monoisotopic (exact) mass is 358 g/mol. The number of oxazole rings is 1. The Labute approximate surface area is 147 Å². The van der Waals surface area contributed by atoms with E-state index in [0.717, 1.165) is 17.2 Å². The van der Waals surface area contributed by atoms with Crippen molar-refractivity contribution in [1.29, 1.82) is 0 Å². The lowest BCUT2D eigenvalue weighted by molar-refractivity contribution is -0.132. The van der Waals surface area contributed by atoms with Crippen LogP contribution in [0.4, 0.5) is 10.7 Å². The Morgan fingerprint density at radius 3 is 2.64 bits per heavy atom. The van der Waals surface area contributed by atoms with Crippen molar-refractivity contribution in [3.63, 3.8) is 0 Å². The molecule has 2 amide bonds. The first-order valence-corrected chi connectivity index (χ1v) is 7.96. The molecule has 0 aliphatic heterocycles. The van der Waals surface area contributed by atoms with E-state index in [-0.39, 0.29) is 0 Å². The van der Waals surface area contributed by atoms with Crippen molar-refractivity contribution in [2.75, 3.05) is 17.7 Å². The Bertz CT molecular complexity index is 905. The quantitative estimate of drug-likeness (QED) is 0.695. The van der Waals surface area contributed by atoms with Gasteiger partial charge >= 0.3 is 11.8 Å². The van der Waals surface area contributed by atoms with E-state index in [1.807, 2.05) is 0 Å². The molecule has 8 nitrogen and oxygen atoms in total. The van der Waals surface area contributed by atoms with Gasteiger partial charge in [0.1, 0.15) is 10.8 Å². The van der Waals surface area contributed by atoms with Crippen LogP contribution in [0.5, 0.6) is 5.75 Å². The molecule has 0 fully saturated rings. The molecule has 0 saturated carbocycles. The van der Waals surface area contributed by atoms with Crippen molar-refractivity contribution >= 4 is 34.0 Å². The minimum atomic E-state index is -0.791. The molecule has 0 atom stereocenters. The number of carbonyl (C=O) groups excluding carboxylic acids is 2. The highest BCUT2D eigenvalue weighted by atomic mass is 32.1. The summed E-state index contributed by atoms with van der Waals surface area (Å²) < 4.78 is 14.6. The number of hydrogen-bond donors (Lipinski definition) is 2. The fourth-order valence-electron chi connectivity index (χ4n) is 2.10. The summed E-state index contributed by atoms with van der Waals surface area (Å²) in [5.74, 6) is -0.552. The molecule has 3 aromatic rings. The van der Waals surface area contributed by atoms with Gasteiger partial charge in [-0.05, 0) is 36.7 Å². The number of nitrogens with one attached hydrogen (secondary N) is 2. The largest absolute Gasteiger partial charge is 0.496 e. The van der Waals surface area contributed by atoms with Crippen molar-refractivity contribution in [2.45, 2.75) is 6.92 Å². The Kier molecular flexibility index (Phi) is 4.75. The highest BCUT2D eigenvalue weighted by molar-refractivity contribution is 7.10. The first kappa shape index (κ1) is 16.7. The van der Waals surface area contributed by atoms with E-state index in [4.69, 9.17) is 9.15 Å². The second-order valence-corrected chi connectivity index (χ2v) is 5.83. The minimum absolute atomic E-state index is 0.417. The number of benzene rings is 1. The zero-order chi connectivity index (χ0) is 17.8. The standard InChI is InChI=1S/C16H14N4O4S/c1-9-5-14(25-20-9)19-16(22)15(21)18-10-3-4-11(12(6-10)23-2)13-7-17-8-24-13/h3-8H,1-2H3,(H,18,21)(H,19,22). The molecule has 128 valence electrons. The van der Waals surface area contributed by atoms with Crippen LogP contribution in [0.3, 0.4) is 0 Å². The molecule has 0 spiro atoms. The average Bonchev–Trinajstić information content (AvgIpc) is 3.26. The normalized spacial score (nSPS) is 10.3. The molecule has 0 aliphatic rings. The topological polar surface area (TPSA) is 106 Å². The van der Waals surface area contributed by atoms with Crippen LogP contribution >= 0.6 is 11.5 Å². The number of ether oxygens (including phenoxy) is 1. The molecular formula is C16H14N4O4S. The molecular weight excluding hydrogens is 344 g/mol. The van der Waals surface area contributed by atoms with Crippen molar-refractivity contribution in [3.05, 3.63) is 42.5 Å². The number of amides is 2. The first-order chi connectivity index (χ1) is 12.1. The van der Waals surface area contributed by atoms with Crippen LogP contribution < -0.4 is 15.4 Å². The minimum Gasteiger partial charge on any atom is -0.496 e. The molecule has 9 heteroatoms. The average molecular weight is 358 g/mol. The maximum Gasteiger partial charge on any atom is 0.314 e. The van der Waals surface area contributed by atoms with E-state index in [9.17, 15) is 9.59 Å². The fourth-order valence-corrected chi connectivity index (χ4v) is 2.76. The number of aromatic nitrogens is 2. The third kappa shape index (κ3) is 3.83. The van der Waals surface area contributed by atoms with Gasteiger partial charge in [0.25, 0.3) is 0 Å². The second kappa shape index (κ2) is 7.14. The smallest absolute Gasteiger partial charge is 0.314 e. The summed E-state index contributed by atoms with van der Waals surface area (Å²) in [6.45, 7) is 1.80. The lowest BCUT2D eigenvalue weighted by atomic mass is 10.1. The van der Waals surface area contributed by atoms with Crippen molar-refractivity contribution in [1.82, 2.24) is 9.36 Å². The number of anilines is 2. The summed E-state index contributed by atoms with van der Waals surface area (Å²) in [7, 11) is 1.50. The van der Waals surface area contributed by atoms with Gasteiger partial charge in [0, 0.05) is 11.8 Å². The molecule has 25 heavy (non-hydrogen) atoms. The summed E-state index contributed by atoms with van der Waals surface area (Å²) in [5, 5.41) is 5.53. The van der Waals surface area contributed by atoms with Crippen LogP contribution in [-0.2, 0) is 9.59 Å². The van der Waals surface area contributed by atoms with Crippen LogP contribution in [-0.4, -0.2) is 28.3 Å². The Hall–Kier alpha value is -3.20. The first-order valence-electron chi connectivity index (χ1n) is 7.19. The highest BCUT2D eigenvalue weighted by Gasteiger charge is 2.17. The van der Waals surface area contributed by atoms with E-state index < -0.39 is 11.8 Å². The summed E-state index contributed by atoms with van der Waals surface area (Å²) in [5.41, 5.74) is 1.87. The summed E-state index contributed by atoms with van der Waals surface area (Å²) in [6, 6.07) is 6.63. The van der Waals surface area contributed by atoms with Gasteiger partial charge in [-0.25, -0.2) is 4.98 Å². The van der Waals surface area contributed by atoms with Gasteiger partial charge in [-0.15, -0.1) is 0 Å². The highest BCUT2D eigenvalue weighted by Crippen LogP contribution is 2.32. The summed E-state index contributed by atoms with van der Waals surface area (Å²) in [4.78, 5) is 27.8. The van der Waals surface area contributed by atoms with E-state index in [1.54, 1.807) is 37.4 Å². The molecule has 0 radical (unpaired) electrons. The van der Waals surface area contributed by atoms with Gasteiger partial charge in [0.15, 0.2) is 12.2 Å². The lowest BCUT2D eigenvalue weighted by Gasteiger charge is -2.10. The van der Waals surface area contributed by atoms with Gasteiger partial charge in [0.2, 0.25) is 0 Å². The Morgan fingerprint density at radius 2 is 2.00 bits per heavy atom. The van der Waals surface area contributed by atoms with E-state index in [1.165, 1.54) is 13.5 Å². The second-order valence-electron chi connectivity index (χ2n) is 5.02. The molecule has 2 N–H and O–H groups in total. The van der Waals surface area contributed by atoms with Crippen molar-refractivity contribution < 1.29 is 18.7 Å². The van der Waals surface area contributed by atoms with Crippen LogP contribution in [0.25, 0.3) is 11.3 Å². The molecule has 0 bridgehead atoms. The van der Waals surface area contributed by atoms with E-state index in [2.05, 4.69) is 20.0 Å². The molecule has 0 aliphatic carbocycles. The van der Waals surface area contributed by atoms with Crippen molar-refractivity contribution in [3.8, 4) is 17.1 Å². The van der Waals surface area contributed by atoms with Crippen LogP contribution in [0.15, 0.2) is 41.3 Å². The lowest BCUT2D eigenvalue weighted by Crippen LogP contribution is -2.28.